The van der Waals surface area contributed by atoms with E-state index in [4.69, 9.17) is 0 Å². The molecule has 0 saturated carbocycles. The van der Waals surface area contributed by atoms with E-state index in [2.05, 4.69) is 17.6 Å². The Hall–Kier alpha value is -1.14. The summed E-state index contributed by atoms with van der Waals surface area (Å²) in [4.78, 5) is 12.2. The molecule has 0 atom stereocenters. The average Bonchev–Trinajstić information content (AvgIpc) is 2.38. The maximum absolute atomic E-state index is 12.1. The van der Waals surface area contributed by atoms with Crippen LogP contribution in [0.25, 0.3) is 0 Å². The van der Waals surface area contributed by atoms with Crippen molar-refractivity contribution in [3.63, 3.8) is 0 Å². The molecule has 0 saturated heterocycles. The highest BCUT2D eigenvalue weighted by molar-refractivity contribution is 7.99. The summed E-state index contributed by atoms with van der Waals surface area (Å²) in [5.74, 6) is -2.63. The number of alkyl halides is 2. The van der Waals surface area contributed by atoms with E-state index in [-0.39, 0.29) is 5.91 Å². The Morgan fingerprint density at radius 1 is 1.21 bits per heavy atom. The lowest BCUT2D eigenvalue weighted by Crippen LogP contribution is -2.32. The molecule has 106 valence electrons. The zero-order valence-electron chi connectivity index (χ0n) is 10.8. The Morgan fingerprint density at radius 2 is 1.89 bits per heavy atom. The standard InChI is InChI=1S/C13H18F2N2OS/c1-2-7-16-8-9-17-12(18)10-3-5-11(6-4-10)19-13(14)15/h3-6,13,16H,2,7-9H2,1H3,(H,17,18). The van der Waals surface area contributed by atoms with Gasteiger partial charge < -0.3 is 10.6 Å². The van der Waals surface area contributed by atoms with Crippen molar-refractivity contribution in [3.05, 3.63) is 29.8 Å². The molecule has 0 aromatic heterocycles. The van der Waals surface area contributed by atoms with Gasteiger partial charge in [-0.2, -0.15) is 8.78 Å². The van der Waals surface area contributed by atoms with Gasteiger partial charge in [0.2, 0.25) is 0 Å². The van der Waals surface area contributed by atoms with E-state index in [9.17, 15) is 13.6 Å². The first kappa shape index (κ1) is 15.9. The van der Waals surface area contributed by atoms with E-state index in [1.165, 1.54) is 12.1 Å². The van der Waals surface area contributed by atoms with Crippen LogP contribution < -0.4 is 10.6 Å². The molecule has 0 unspecified atom stereocenters. The Balaban J connectivity index is 2.36. The second kappa shape index (κ2) is 8.87. The van der Waals surface area contributed by atoms with Crippen molar-refractivity contribution < 1.29 is 13.6 Å². The molecule has 3 nitrogen and oxygen atoms in total. The lowest BCUT2D eigenvalue weighted by Gasteiger charge is -2.07. The van der Waals surface area contributed by atoms with Crippen molar-refractivity contribution in [3.8, 4) is 0 Å². The highest BCUT2D eigenvalue weighted by Gasteiger charge is 2.07. The molecule has 1 rings (SSSR count). The fraction of sp³-hybridized carbons (Fsp3) is 0.462. The number of thioether (sulfide) groups is 1. The van der Waals surface area contributed by atoms with Crippen LogP contribution >= 0.6 is 11.8 Å². The van der Waals surface area contributed by atoms with Crippen molar-refractivity contribution in [2.75, 3.05) is 19.6 Å². The maximum Gasteiger partial charge on any atom is 0.288 e. The van der Waals surface area contributed by atoms with Crippen molar-refractivity contribution in [1.82, 2.24) is 10.6 Å². The second-order valence-electron chi connectivity index (χ2n) is 3.91. The number of carbonyl (C=O) groups excluding carboxylic acids is 1. The zero-order chi connectivity index (χ0) is 14.1. The summed E-state index contributed by atoms with van der Waals surface area (Å²) in [5, 5.41) is 5.93. The van der Waals surface area contributed by atoms with Gasteiger partial charge in [-0.1, -0.05) is 18.7 Å². The predicted molar refractivity (Wildman–Crippen MR) is 73.8 cm³/mol. The van der Waals surface area contributed by atoms with Crippen LogP contribution in [0.4, 0.5) is 8.78 Å². The van der Waals surface area contributed by atoms with Crippen LogP contribution in [0.1, 0.15) is 23.7 Å². The van der Waals surface area contributed by atoms with Crippen LogP contribution in [0.3, 0.4) is 0 Å². The molecule has 0 heterocycles. The largest absolute Gasteiger partial charge is 0.351 e. The molecule has 0 spiro atoms. The number of halogens is 2. The average molecular weight is 288 g/mol. The van der Waals surface area contributed by atoms with Crippen LogP contribution in [-0.4, -0.2) is 31.3 Å². The van der Waals surface area contributed by atoms with E-state index in [0.717, 1.165) is 19.5 Å². The minimum atomic E-state index is -2.44. The molecule has 6 heteroatoms. The van der Waals surface area contributed by atoms with E-state index < -0.39 is 5.76 Å². The van der Waals surface area contributed by atoms with Crippen LogP contribution in [-0.2, 0) is 0 Å². The Kier molecular flexibility index (Phi) is 7.43. The van der Waals surface area contributed by atoms with E-state index in [1.807, 2.05) is 0 Å². The number of nitrogens with one attached hydrogen (secondary N) is 2. The summed E-state index contributed by atoms with van der Waals surface area (Å²) in [7, 11) is 0. The molecule has 1 aromatic carbocycles. The monoisotopic (exact) mass is 288 g/mol. The number of rotatable bonds is 8. The summed E-state index contributed by atoms with van der Waals surface area (Å²) < 4.78 is 24.2. The molecule has 0 fully saturated rings. The number of benzene rings is 1. The van der Waals surface area contributed by atoms with E-state index >= 15 is 0 Å². The van der Waals surface area contributed by atoms with Gasteiger partial charge in [-0.3, -0.25) is 4.79 Å². The van der Waals surface area contributed by atoms with Crippen LogP contribution in [0.2, 0.25) is 0 Å². The highest BCUT2D eigenvalue weighted by Crippen LogP contribution is 2.24. The normalized spacial score (nSPS) is 10.7. The topological polar surface area (TPSA) is 41.1 Å². The fourth-order valence-electron chi connectivity index (χ4n) is 1.46. The highest BCUT2D eigenvalue weighted by atomic mass is 32.2. The van der Waals surface area contributed by atoms with Crippen molar-refractivity contribution in [2.45, 2.75) is 24.0 Å². The van der Waals surface area contributed by atoms with Gasteiger partial charge in [0.1, 0.15) is 0 Å². The number of amides is 1. The quantitative estimate of drug-likeness (QED) is 0.571. The van der Waals surface area contributed by atoms with Crippen LogP contribution in [0.15, 0.2) is 29.2 Å². The molecule has 2 N–H and O–H groups in total. The molecule has 0 aliphatic heterocycles. The smallest absolute Gasteiger partial charge is 0.288 e. The molecule has 1 aromatic rings. The summed E-state index contributed by atoms with van der Waals surface area (Å²) in [6, 6.07) is 6.17. The van der Waals surface area contributed by atoms with E-state index in [1.54, 1.807) is 12.1 Å². The lowest BCUT2D eigenvalue weighted by molar-refractivity contribution is 0.0954. The third-order valence-electron chi connectivity index (χ3n) is 2.36. The molecule has 0 aliphatic rings. The third kappa shape index (κ3) is 6.54. The Bertz CT molecular complexity index is 385. The van der Waals surface area contributed by atoms with Gasteiger partial charge in [-0.05, 0) is 37.2 Å². The lowest BCUT2D eigenvalue weighted by atomic mass is 10.2. The minimum absolute atomic E-state index is 0.188. The van der Waals surface area contributed by atoms with Gasteiger partial charge in [0.05, 0.1) is 0 Å². The Labute approximate surface area is 116 Å². The third-order valence-corrected chi connectivity index (χ3v) is 3.08. The predicted octanol–water partition coefficient (Wildman–Crippen LogP) is 2.73. The van der Waals surface area contributed by atoms with Crippen molar-refractivity contribution in [1.29, 1.82) is 0 Å². The van der Waals surface area contributed by atoms with Crippen molar-refractivity contribution in [2.24, 2.45) is 0 Å². The maximum atomic E-state index is 12.1. The zero-order valence-corrected chi connectivity index (χ0v) is 11.6. The van der Waals surface area contributed by atoms with Crippen LogP contribution in [0, 0.1) is 0 Å². The summed E-state index contributed by atoms with van der Waals surface area (Å²) in [6.45, 7) is 4.27. The van der Waals surface area contributed by atoms with Gasteiger partial charge in [0, 0.05) is 23.5 Å². The van der Waals surface area contributed by atoms with Crippen molar-refractivity contribution >= 4 is 17.7 Å². The number of hydrogen-bond acceptors (Lipinski definition) is 3. The first-order valence-corrected chi connectivity index (χ1v) is 7.05. The molecular weight excluding hydrogens is 270 g/mol. The summed E-state index contributed by atoms with van der Waals surface area (Å²) in [5.41, 5.74) is 0.481. The molecular formula is C13H18F2N2OS. The fourth-order valence-corrected chi connectivity index (χ4v) is 1.95. The first-order chi connectivity index (χ1) is 9.13. The van der Waals surface area contributed by atoms with Gasteiger partial charge in [-0.15, -0.1) is 0 Å². The summed E-state index contributed by atoms with van der Waals surface area (Å²) in [6.07, 6.45) is 1.05. The second-order valence-corrected chi connectivity index (χ2v) is 4.97. The van der Waals surface area contributed by atoms with Gasteiger partial charge >= 0.3 is 0 Å². The minimum Gasteiger partial charge on any atom is -0.351 e. The van der Waals surface area contributed by atoms with Crippen LogP contribution in [0.5, 0.6) is 0 Å². The number of carbonyl (C=O) groups is 1. The van der Waals surface area contributed by atoms with Gasteiger partial charge in [0.25, 0.3) is 11.7 Å². The molecule has 1 amide bonds. The molecule has 0 bridgehead atoms. The molecule has 19 heavy (non-hydrogen) atoms. The van der Waals surface area contributed by atoms with Gasteiger partial charge in [-0.25, -0.2) is 0 Å². The number of hydrogen-bond donors (Lipinski definition) is 2. The van der Waals surface area contributed by atoms with E-state index in [0.29, 0.717) is 28.8 Å². The molecule has 0 radical (unpaired) electrons. The first-order valence-electron chi connectivity index (χ1n) is 6.17. The van der Waals surface area contributed by atoms with Gasteiger partial charge in [0.15, 0.2) is 0 Å². The Morgan fingerprint density at radius 3 is 2.47 bits per heavy atom. The summed E-state index contributed by atoms with van der Waals surface area (Å²) >= 11 is 0.471. The molecule has 0 aliphatic carbocycles. The SMILES string of the molecule is CCCNCCNC(=O)c1ccc(SC(F)F)cc1.